The minimum absolute atomic E-state index is 0.241. The first-order valence-corrected chi connectivity index (χ1v) is 7.66. The molecule has 24 heavy (non-hydrogen) atoms. The van der Waals surface area contributed by atoms with Gasteiger partial charge in [0.05, 0.1) is 0 Å². The van der Waals surface area contributed by atoms with Crippen molar-refractivity contribution in [3.8, 4) is 0 Å². The maximum Gasteiger partial charge on any atom is 0.123 e. The maximum absolute atomic E-state index is 13.1. The van der Waals surface area contributed by atoms with Crippen LogP contribution in [0.2, 0.25) is 0 Å². The van der Waals surface area contributed by atoms with Crippen LogP contribution in [0.5, 0.6) is 0 Å². The number of halogens is 2. The van der Waals surface area contributed by atoms with Crippen LogP contribution < -0.4 is 0 Å². The summed E-state index contributed by atoms with van der Waals surface area (Å²) in [5.74, 6) is -0.482. The molecule has 0 amide bonds. The van der Waals surface area contributed by atoms with Crippen molar-refractivity contribution in [1.29, 1.82) is 0 Å². The summed E-state index contributed by atoms with van der Waals surface area (Å²) in [7, 11) is 0. The Kier molecular flexibility index (Phi) is 4.97. The normalized spacial score (nSPS) is 11.4. The van der Waals surface area contributed by atoms with Crippen LogP contribution in [-0.4, -0.2) is 0 Å². The molecule has 0 aliphatic carbocycles. The van der Waals surface area contributed by atoms with E-state index in [4.69, 9.17) is 0 Å². The molecule has 3 aromatic rings. The van der Waals surface area contributed by atoms with Crippen LogP contribution in [-0.2, 0) is 0 Å². The zero-order valence-corrected chi connectivity index (χ0v) is 13.0. The Morgan fingerprint density at radius 2 is 0.833 bits per heavy atom. The molecule has 2 heteroatoms. The van der Waals surface area contributed by atoms with Crippen molar-refractivity contribution < 1.29 is 8.78 Å². The van der Waals surface area contributed by atoms with E-state index in [1.54, 1.807) is 12.1 Å². The lowest BCUT2D eigenvalue weighted by molar-refractivity contribution is 0.627. The lowest BCUT2D eigenvalue weighted by Crippen LogP contribution is -1.78. The molecule has 0 aliphatic rings. The Morgan fingerprint density at radius 1 is 0.458 bits per heavy atom. The molecule has 0 saturated heterocycles. The lowest BCUT2D eigenvalue weighted by Gasteiger charge is -1.98. The minimum Gasteiger partial charge on any atom is -0.207 e. The van der Waals surface area contributed by atoms with Gasteiger partial charge in [0.15, 0.2) is 0 Å². The average Bonchev–Trinajstić information content (AvgIpc) is 2.59. The third-order valence-corrected chi connectivity index (χ3v) is 3.57. The van der Waals surface area contributed by atoms with Gasteiger partial charge >= 0.3 is 0 Å². The van der Waals surface area contributed by atoms with Crippen LogP contribution >= 0.6 is 0 Å². The summed E-state index contributed by atoms with van der Waals surface area (Å²) in [6, 6.07) is 20.9. The van der Waals surface area contributed by atoms with E-state index in [-0.39, 0.29) is 11.6 Å². The number of benzene rings is 3. The van der Waals surface area contributed by atoms with Crippen LogP contribution in [0.3, 0.4) is 0 Å². The van der Waals surface area contributed by atoms with Crippen molar-refractivity contribution >= 4 is 24.3 Å². The molecular formula is C22H16F2. The summed E-state index contributed by atoms with van der Waals surface area (Å²) in [6.07, 6.45) is 7.63. The van der Waals surface area contributed by atoms with Crippen LogP contribution in [0.4, 0.5) is 8.78 Å². The second-order valence-electron chi connectivity index (χ2n) is 5.44. The molecule has 0 radical (unpaired) electrons. The van der Waals surface area contributed by atoms with E-state index in [0.29, 0.717) is 0 Å². The van der Waals surface area contributed by atoms with E-state index in [9.17, 15) is 8.78 Å². The largest absolute Gasteiger partial charge is 0.207 e. The highest BCUT2D eigenvalue weighted by molar-refractivity contribution is 5.72. The van der Waals surface area contributed by atoms with Crippen molar-refractivity contribution in [3.05, 3.63) is 107 Å². The molecule has 3 aromatic carbocycles. The Labute approximate surface area is 140 Å². The van der Waals surface area contributed by atoms with E-state index in [2.05, 4.69) is 0 Å². The van der Waals surface area contributed by atoms with Gasteiger partial charge in [-0.1, -0.05) is 72.8 Å². The molecule has 0 atom stereocenters. The third-order valence-electron chi connectivity index (χ3n) is 3.57. The van der Waals surface area contributed by atoms with Crippen molar-refractivity contribution in [1.82, 2.24) is 0 Å². The van der Waals surface area contributed by atoms with Crippen molar-refractivity contribution in [3.63, 3.8) is 0 Å². The highest BCUT2D eigenvalue weighted by Gasteiger charge is 1.93. The number of hydrogen-bond acceptors (Lipinski definition) is 0. The number of rotatable bonds is 4. The maximum atomic E-state index is 13.1. The van der Waals surface area contributed by atoms with E-state index in [1.807, 2.05) is 60.7 Å². The van der Waals surface area contributed by atoms with Gasteiger partial charge in [-0.25, -0.2) is 8.78 Å². The summed E-state index contributed by atoms with van der Waals surface area (Å²) in [6.45, 7) is 0. The molecule has 0 bridgehead atoms. The third kappa shape index (κ3) is 4.50. The number of hydrogen-bond donors (Lipinski definition) is 0. The summed E-state index contributed by atoms with van der Waals surface area (Å²) < 4.78 is 26.3. The molecule has 0 fully saturated rings. The first kappa shape index (κ1) is 15.9. The molecule has 0 nitrogen and oxygen atoms in total. The first-order chi connectivity index (χ1) is 11.7. The van der Waals surface area contributed by atoms with Gasteiger partial charge in [-0.15, -0.1) is 0 Å². The standard InChI is InChI=1S/C22H16F2/c23-21-5-1-3-19(15-21)13-11-17-7-9-18(10-8-17)12-14-20-4-2-6-22(24)16-20/h1-16H. The van der Waals surface area contributed by atoms with Crippen molar-refractivity contribution in [2.24, 2.45) is 0 Å². The molecule has 0 saturated carbocycles. The van der Waals surface area contributed by atoms with Gasteiger partial charge in [0.2, 0.25) is 0 Å². The van der Waals surface area contributed by atoms with Crippen molar-refractivity contribution in [2.75, 3.05) is 0 Å². The molecule has 0 heterocycles. The quantitative estimate of drug-likeness (QED) is 0.495. The predicted octanol–water partition coefficient (Wildman–Crippen LogP) is 6.31. The zero-order chi connectivity index (χ0) is 16.8. The Morgan fingerprint density at radius 3 is 1.21 bits per heavy atom. The fourth-order valence-electron chi connectivity index (χ4n) is 2.32. The zero-order valence-electron chi connectivity index (χ0n) is 13.0. The van der Waals surface area contributed by atoms with Gasteiger partial charge in [-0.05, 0) is 46.5 Å². The monoisotopic (exact) mass is 318 g/mol. The summed E-state index contributed by atoms with van der Waals surface area (Å²) in [5, 5.41) is 0. The second kappa shape index (κ2) is 7.51. The Hall–Kier alpha value is -3.00. The summed E-state index contributed by atoms with van der Waals surface area (Å²) in [4.78, 5) is 0. The van der Waals surface area contributed by atoms with Gasteiger partial charge in [0, 0.05) is 0 Å². The predicted molar refractivity (Wildman–Crippen MR) is 97.1 cm³/mol. The molecule has 0 spiro atoms. The summed E-state index contributed by atoms with van der Waals surface area (Å²) in [5.41, 5.74) is 3.71. The molecular weight excluding hydrogens is 302 g/mol. The van der Waals surface area contributed by atoms with Gasteiger partial charge in [-0.3, -0.25) is 0 Å². The van der Waals surface area contributed by atoms with Gasteiger partial charge in [0.25, 0.3) is 0 Å². The van der Waals surface area contributed by atoms with Gasteiger partial charge < -0.3 is 0 Å². The highest BCUT2D eigenvalue weighted by atomic mass is 19.1. The van der Waals surface area contributed by atoms with Crippen LogP contribution in [0.15, 0.2) is 72.8 Å². The minimum atomic E-state index is -0.241. The molecule has 3 rings (SSSR count). The fraction of sp³-hybridized carbons (Fsp3) is 0. The second-order valence-corrected chi connectivity index (χ2v) is 5.44. The SMILES string of the molecule is Fc1cccc(C=Cc2ccc(C=Cc3cccc(F)c3)cc2)c1. The van der Waals surface area contributed by atoms with Crippen molar-refractivity contribution in [2.45, 2.75) is 0 Å². The average molecular weight is 318 g/mol. The molecule has 0 aliphatic heterocycles. The van der Waals surface area contributed by atoms with E-state index in [0.717, 1.165) is 22.3 Å². The Bertz CT molecular complexity index is 800. The van der Waals surface area contributed by atoms with E-state index < -0.39 is 0 Å². The topological polar surface area (TPSA) is 0 Å². The smallest absolute Gasteiger partial charge is 0.123 e. The molecule has 0 unspecified atom stereocenters. The van der Waals surface area contributed by atoms with Gasteiger partial charge in [0.1, 0.15) is 11.6 Å². The van der Waals surface area contributed by atoms with Crippen LogP contribution in [0, 0.1) is 11.6 Å². The van der Waals surface area contributed by atoms with Crippen LogP contribution in [0.25, 0.3) is 24.3 Å². The lowest BCUT2D eigenvalue weighted by atomic mass is 10.1. The van der Waals surface area contributed by atoms with Gasteiger partial charge in [-0.2, -0.15) is 0 Å². The first-order valence-electron chi connectivity index (χ1n) is 7.66. The molecule has 0 aromatic heterocycles. The molecule has 118 valence electrons. The van der Waals surface area contributed by atoms with E-state index in [1.165, 1.54) is 24.3 Å². The molecule has 0 N–H and O–H groups in total. The van der Waals surface area contributed by atoms with E-state index >= 15 is 0 Å². The summed E-state index contributed by atoms with van der Waals surface area (Å²) >= 11 is 0. The highest BCUT2D eigenvalue weighted by Crippen LogP contribution is 2.13. The Balaban J connectivity index is 1.69. The fourth-order valence-corrected chi connectivity index (χ4v) is 2.32. The van der Waals surface area contributed by atoms with Crippen LogP contribution in [0.1, 0.15) is 22.3 Å².